The van der Waals surface area contributed by atoms with E-state index in [-0.39, 0.29) is 12.6 Å². The Morgan fingerprint density at radius 3 is 2.23 bits per heavy atom. The third-order valence-electron chi connectivity index (χ3n) is 4.75. The number of esters is 2. The smallest absolute Gasteiger partial charge is 0.338 e. The molecule has 0 radical (unpaired) electrons. The molecule has 2 rings (SSSR count). The van der Waals surface area contributed by atoms with E-state index in [4.69, 9.17) is 9.47 Å². The summed E-state index contributed by atoms with van der Waals surface area (Å²) in [6, 6.07) is 18.5. The zero-order valence-corrected chi connectivity index (χ0v) is 17.5. The van der Waals surface area contributed by atoms with Crippen LogP contribution in [0.15, 0.2) is 66.7 Å². The monoisotopic (exact) mass is 405 g/mol. The van der Waals surface area contributed by atoms with Gasteiger partial charge in [-0.3, -0.25) is 0 Å². The predicted molar refractivity (Wildman–Crippen MR) is 115 cm³/mol. The van der Waals surface area contributed by atoms with Crippen LogP contribution in [0, 0.1) is 11.3 Å². The SMILES string of the molecule is CCOC(=O)c1ccc(C/C=C/CCC(C#N)(C(=O)OCC)c2ccccc2)cc1. The molecule has 5 heteroatoms. The van der Waals surface area contributed by atoms with Crippen molar-refractivity contribution in [2.75, 3.05) is 13.2 Å². The molecule has 30 heavy (non-hydrogen) atoms. The highest BCUT2D eigenvalue weighted by atomic mass is 16.5. The number of nitrogens with zero attached hydrogens (tertiary/aromatic N) is 1. The summed E-state index contributed by atoms with van der Waals surface area (Å²) in [5, 5.41) is 9.86. The summed E-state index contributed by atoms with van der Waals surface area (Å²) in [5.74, 6) is -0.839. The normalized spacial score (nSPS) is 12.7. The Bertz CT molecular complexity index is 897. The number of nitriles is 1. The maximum Gasteiger partial charge on any atom is 0.338 e. The van der Waals surface area contributed by atoms with Gasteiger partial charge in [-0.15, -0.1) is 0 Å². The molecule has 0 aliphatic rings. The lowest BCUT2D eigenvalue weighted by molar-refractivity contribution is -0.148. The van der Waals surface area contributed by atoms with Gasteiger partial charge in [-0.2, -0.15) is 5.26 Å². The molecule has 0 aromatic heterocycles. The summed E-state index contributed by atoms with van der Waals surface area (Å²) in [6.07, 6.45) is 5.55. The Hall–Kier alpha value is -3.39. The Labute approximate surface area is 177 Å². The fourth-order valence-electron chi connectivity index (χ4n) is 3.14. The first-order valence-electron chi connectivity index (χ1n) is 10.1. The molecule has 156 valence electrons. The van der Waals surface area contributed by atoms with E-state index in [1.54, 1.807) is 38.1 Å². The minimum atomic E-state index is -1.32. The van der Waals surface area contributed by atoms with E-state index in [1.807, 2.05) is 42.5 Å². The fourth-order valence-corrected chi connectivity index (χ4v) is 3.14. The van der Waals surface area contributed by atoms with Gasteiger partial charge in [0, 0.05) is 0 Å². The molecule has 0 spiro atoms. The third kappa shape index (κ3) is 5.81. The first-order chi connectivity index (χ1) is 14.6. The first kappa shape index (κ1) is 22.9. The summed E-state index contributed by atoms with van der Waals surface area (Å²) in [4.78, 5) is 24.3. The number of benzene rings is 2. The number of allylic oxidation sites excluding steroid dienone is 2. The van der Waals surface area contributed by atoms with Crippen molar-refractivity contribution < 1.29 is 19.1 Å². The highest BCUT2D eigenvalue weighted by molar-refractivity contribution is 5.89. The molecular formula is C25H27NO4. The Balaban J connectivity index is 2.01. The van der Waals surface area contributed by atoms with Crippen LogP contribution in [0.3, 0.4) is 0 Å². The van der Waals surface area contributed by atoms with E-state index in [1.165, 1.54) is 0 Å². The summed E-state index contributed by atoms with van der Waals surface area (Å²) < 4.78 is 10.2. The van der Waals surface area contributed by atoms with Crippen molar-refractivity contribution in [2.24, 2.45) is 0 Å². The fraction of sp³-hybridized carbons (Fsp3) is 0.320. The lowest BCUT2D eigenvalue weighted by Gasteiger charge is -2.24. The third-order valence-corrected chi connectivity index (χ3v) is 4.75. The molecule has 0 N–H and O–H groups in total. The number of hydrogen-bond donors (Lipinski definition) is 0. The van der Waals surface area contributed by atoms with Gasteiger partial charge in [-0.05, 0) is 56.4 Å². The topological polar surface area (TPSA) is 76.4 Å². The standard InChI is InChI=1S/C25H27NO4/c1-3-29-23(27)21-16-14-20(15-17-21)11-7-6-10-18-25(19-26,24(28)30-4-2)22-12-8-5-9-13-22/h5-9,12-17H,3-4,10-11,18H2,1-2H3/b7-6+. The van der Waals surface area contributed by atoms with Crippen molar-refractivity contribution in [1.82, 2.24) is 0 Å². The Morgan fingerprint density at radius 2 is 1.63 bits per heavy atom. The van der Waals surface area contributed by atoms with Crippen LogP contribution in [0.2, 0.25) is 0 Å². The van der Waals surface area contributed by atoms with Crippen molar-refractivity contribution in [1.29, 1.82) is 5.26 Å². The van der Waals surface area contributed by atoms with E-state index in [0.717, 1.165) is 5.56 Å². The van der Waals surface area contributed by atoms with E-state index < -0.39 is 11.4 Å². The summed E-state index contributed by atoms with van der Waals surface area (Å²) in [7, 11) is 0. The molecule has 0 amide bonds. The minimum Gasteiger partial charge on any atom is -0.465 e. The van der Waals surface area contributed by atoms with Gasteiger partial charge < -0.3 is 9.47 Å². The van der Waals surface area contributed by atoms with Gasteiger partial charge in [0.1, 0.15) is 0 Å². The van der Waals surface area contributed by atoms with Crippen molar-refractivity contribution in [3.05, 3.63) is 83.4 Å². The molecule has 0 saturated heterocycles. The van der Waals surface area contributed by atoms with Gasteiger partial charge in [0.05, 0.1) is 24.8 Å². The molecule has 0 aliphatic carbocycles. The van der Waals surface area contributed by atoms with Crippen LogP contribution in [-0.4, -0.2) is 25.2 Å². The number of carbonyl (C=O) groups excluding carboxylic acids is 2. The largest absolute Gasteiger partial charge is 0.465 e. The van der Waals surface area contributed by atoms with Crippen LogP contribution in [-0.2, 0) is 26.1 Å². The minimum absolute atomic E-state index is 0.229. The Morgan fingerprint density at radius 1 is 0.967 bits per heavy atom. The maximum atomic E-state index is 12.6. The van der Waals surface area contributed by atoms with Crippen LogP contribution < -0.4 is 0 Å². The van der Waals surface area contributed by atoms with Crippen LogP contribution in [0.4, 0.5) is 0 Å². The molecule has 0 saturated carbocycles. The first-order valence-corrected chi connectivity index (χ1v) is 10.1. The number of rotatable bonds is 10. The number of hydrogen-bond acceptors (Lipinski definition) is 5. The Kier molecular flexibility index (Phi) is 8.83. The van der Waals surface area contributed by atoms with Gasteiger partial charge in [0.2, 0.25) is 0 Å². The average Bonchev–Trinajstić information content (AvgIpc) is 2.78. The van der Waals surface area contributed by atoms with Crippen LogP contribution in [0.25, 0.3) is 0 Å². The van der Waals surface area contributed by atoms with Crippen molar-refractivity contribution >= 4 is 11.9 Å². The van der Waals surface area contributed by atoms with E-state index in [0.29, 0.717) is 37.0 Å². The molecular weight excluding hydrogens is 378 g/mol. The molecule has 0 bridgehead atoms. The van der Waals surface area contributed by atoms with E-state index in [9.17, 15) is 14.9 Å². The lowest BCUT2D eigenvalue weighted by atomic mass is 9.78. The van der Waals surface area contributed by atoms with Gasteiger partial charge in [-0.1, -0.05) is 54.6 Å². The van der Waals surface area contributed by atoms with Gasteiger partial charge >= 0.3 is 11.9 Å². The second-order valence-electron chi connectivity index (χ2n) is 6.74. The summed E-state index contributed by atoms with van der Waals surface area (Å²) in [5.41, 5.74) is 0.914. The van der Waals surface area contributed by atoms with Crippen LogP contribution in [0.5, 0.6) is 0 Å². The van der Waals surface area contributed by atoms with Crippen molar-refractivity contribution in [3.8, 4) is 6.07 Å². The number of carbonyl (C=O) groups is 2. The van der Waals surface area contributed by atoms with Gasteiger partial charge in [0.25, 0.3) is 0 Å². The molecule has 0 fully saturated rings. The second kappa shape index (κ2) is 11.6. The average molecular weight is 405 g/mol. The van der Waals surface area contributed by atoms with E-state index >= 15 is 0 Å². The quantitative estimate of drug-likeness (QED) is 0.420. The zero-order valence-electron chi connectivity index (χ0n) is 17.5. The molecule has 0 aliphatic heterocycles. The van der Waals surface area contributed by atoms with Crippen LogP contribution >= 0.6 is 0 Å². The van der Waals surface area contributed by atoms with Crippen LogP contribution in [0.1, 0.15) is 48.2 Å². The highest BCUT2D eigenvalue weighted by Gasteiger charge is 2.41. The van der Waals surface area contributed by atoms with E-state index in [2.05, 4.69) is 6.07 Å². The van der Waals surface area contributed by atoms with Crippen molar-refractivity contribution in [3.63, 3.8) is 0 Å². The maximum absolute atomic E-state index is 12.6. The molecule has 2 aromatic carbocycles. The second-order valence-corrected chi connectivity index (χ2v) is 6.74. The van der Waals surface area contributed by atoms with Gasteiger partial charge in [0.15, 0.2) is 5.41 Å². The van der Waals surface area contributed by atoms with Gasteiger partial charge in [-0.25, -0.2) is 9.59 Å². The molecule has 2 aromatic rings. The highest BCUT2D eigenvalue weighted by Crippen LogP contribution is 2.31. The zero-order chi connectivity index (χ0) is 21.8. The lowest BCUT2D eigenvalue weighted by Crippen LogP contribution is -2.36. The summed E-state index contributed by atoms with van der Waals surface area (Å²) in [6.45, 7) is 4.09. The molecule has 0 heterocycles. The predicted octanol–water partition coefficient (Wildman–Crippen LogP) is 4.77. The molecule has 1 atom stereocenters. The number of ether oxygens (including phenoxy) is 2. The molecule has 1 unspecified atom stereocenters. The van der Waals surface area contributed by atoms with Crippen molar-refractivity contribution in [2.45, 2.75) is 38.5 Å². The molecule has 5 nitrogen and oxygen atoms in total. The summed E-state index contributed by atoms with van der Waals surface area (Å²) >= 11 is 0.